The van der Waals surface area contributed by atoms with E-state index in [1.165, 1.54) is 7.11 Å². The molecule has 0 spiro atoms. The Kier molecular flexibility index (Phi) is 4.81. The highest BCUT2D eigenvalue weighted by atomic mass is 35.5. The van der Waals surface area contributed by atoms with E-state index in [2.05, 4.69) is 10.4 Å². The number of alkyl halides is 3. The lowest BCUT2D eigenvalue weighted by molar-refractivity contribution is -0.139. The van der Waals surface area contributed by atoms with Gasteiger partial charge in [-0.25, -0.2) is 4.98 Å². The molecule has 2 atom stereocenters. The van der Waals surface area contributed by atoms with Crippen molar-refractivity contribution in [2.24, 2.45) is 11.8 Å². The first kappa shape index (κ1) is 17.5. The van der Waals surface area contributed by atoms with Gasteiger partial charge >= 0.3 is 6.18 Å². The van der Waals surface area contributed by atoms with E-state index in [1.54, 1.807) is 6.92 Å². The molecule has 1 fully saturated rings. The van der Waals surface area contributed by atoms with Crippen molar-refractivity contribution in [1.82, 2.24) is 9.99 Å². The largest absolute Gasteiger partial charge is 0.419 e. The zero-order chi connectivity index (χ0) is 17.4. The molecule has 2 rings (SSSR count). The molecule has 1 saturated heterocycles. The van der Waals surface area contributed by atoms with E-state index >= 15 is 0 Å². The molecule has 10 heteroatoms. The standard InChI is InChI=1S/C13H13ClF3N3O3/c1-6-7(5-23-2)12(22)20(11(6)21)19-9-4-3-8(10(14)18-9)13(15,16)17/h3-4,6-7H,5H2,1-2H3,(H,18,19). The van der Waals surface area contributed by atoms with Gasteiger partial charge in [-0.05, 0) is 12.1 Å². The van der Waals surface area contributed by atoms with Gasteiger partial charge in [0.25, 0.3) is 11.8 Å². The quantitative estimate of drug-likeness (QED) is 0.666. The van der Waals surface area contributed by atoms with Crippen LogP contribution in [-0.4, -0.2) is 35.5 Å². The Bertz CT molecular complexity index is 639. The molecule has 1 aromatic rings. The number of ether oxygens (including phenoxy) is 1. The maximum atomic E-state index is 12.6. The molecule has 1 N–H and O–H groups in total. The SMILES string of the molecule is COCC1C(=O)N(Nc2ccc(C(F)(F)F)c(Cl)n2)C(=O)C1C. The van der Waals surface area contributed by atoms with E-state index < -0.39 is 40.5 Å². The molecular formula is C13H13ClF3N3O3. The predicted octanol–water partition coefficient (Wildman–Crippen LogP) is 2.35. The van der Waals surface area contributed by atoms with E-state index in [0.717, 1.165) is 17.1 Å². The highest BCUT2D eigenvalue weighted by molar-refractivity contribution is 6.30. The number of anilines is 1. The van der Waals surface area contributed by atoms with Gasteiger partial charge in [0.1, 0.15) is 11.0 Å². The second-order valence-electron chi connectivity index (χ2n) is 5.01. The molecule has 0 aromatic carbocycles. The Morgan fingerprint density at radius 3 is 2.52 bits per heavy atom. The van der Waals surface area contributed by atoms with Crippen LogP contribution in [0.4, 0.5) is 19.0 Å². The van der Waals surface area contributed by atoms with Gasteiger partial charge in [0.2, 0.25) is 0 Å². The van der Waals surface area contributed by atoms with Crippen molar-refractivity contribution < 1.29 is 27.5 Å². The summed E-state index contributed by atoms with van der Waals surface area (Å²) in [4.78, 5) is 27.7. The number of imide groups is 1. The highest BCUT2D eigenvalue weighted by Crippen LogP contribution is 2.34. The lowest BCUT2D eigenvalue weighted by atomic mass is 9.98. The Morgan fingerprint density at radius 1 is 1.35 bits per heavy atom. The number of carbonyl (C=O) groups is 2. The van der Waals surface area contributed by atoms with Crippen LogP contribution in [0.5, 0.6) is 0 Å². The number of carbonyl (C=O) groups excluding carboxylic acids is 2. The number of halogens is 4. The fourth-order valence-electron chi connectivity index (χ4n) is 2.19. The molecule has 1 aliphatic rings. The van der Waals surface area contributed by atoms with Gasteiger partial charge in [-0.3, -0.25) is 15.0 Å². The summed E-state index contributed by atoms with van der Waals surface area (Å²) in [5.41, 5.74) is 1.29. The number of hydrogen-bond donors (Lipinski definition) is 1. The van der Waals surface area contributed by atoms with Crippen molar-refractivity contribution in [3.05, 3.63) is 22.8 Å². The molecule has 1 aliphatic heterocycles. The first-order valence-corrected chi connectivity index (χ1v) is 6.91. The van der Waals surface area contributed by atoms with Crippen molar-refractivity contribution >= 4 is 29.2 Å². The summed E-state index contributed by atoms with van der Waals surface area (Å²) in [7, 11) is 1.40. The van der Waals surface area contributed by atoms with Crippen molar-refractivity contribution in [1.29, 1.82) is 0 Å². The van der Waals surface area contributed by atoms with E-state index in [9.17, 15) is 22.8 Å². The molecule has 2 amide bonds. The van der Waals surface area contributed by atoms with Crippen LogP contribution in [0.1, 0.15) is 12.5 Å². The molecule has 0 saturated carbocycles. The van der Waals surface area contributed by atoms with E-state index in [1.807, 2.05) is 0 Å². The molecule has 0 radical (unpaired) electrons. The van der Waals surface area contributed by atoms with Gasteiger partial charge < -0.3 is 4.74 Å². The monoisotopic (exact) mass is 351 g/mol. The molecule has 126 valence electrons. The Labute approximate surface area is 134 Å². The summed E-state index contributed by atoms with van der Waals surface area (Å²) < 4.78 is 42.8. The number of methoxy groups -OCH3 is 1. The third-order valence-electron chi connectivity index (χ3n) is 3.48. The summed E-state index contributed by atoms with van der Waals surface area (Å²) in [5, 5.41) is -0.0524. The van der Waals surface area contributed by atoms with E-state index in [-0.39, 0.29) is 12.4 Å². The zero-order valence-electron chi connectivity index (χ0n) is 12.1. The maximum Gasteiger partial charge on any atom is 0.419 e. The minimum atomic E-state index is -4.64. The average molecular weight is 352 g/mol. The summed E-state index contributed by atoms with van der Waals surface area (Å²) in [5.74, 6) is -2.48. The lowest BCUT2D eigenvalue weighted by Crippen LogP contribution is -2.37. The number of amides is 2. The molecule has 1 aromatic heterocycles. The molecule has 0 bridgehead atoms. The number of nitrogens with one attached hydrogen (secondary N) is 1. The molecule has 2 heterocycles. The molecule has 0 aliphatic carbocycles. The third kappa shape index (κ3) is 3.40. The van der Waals surface area contributed by atoms with Crippen molar-refractivity contribution in [3.63, 3.8) is 0 Å². The van der Waals surface area contributed by atoms with Crippen LogP contribution in [0.15, 0.2) is 12.1 Å². The first-order chi connectivity index (χ1) is 10.7. The van der Waals surface area contributed by atoms with Crippen LogP contribution in [0.3, 0.4) is 0 Å². The third-order valence-corrected chi connectivity index (χ3v) is 3.77. The average Bonchev–Trinajstić information content (AvgIpc) is 2.64. The van der Waals surface area contributed by atoms with Gasteiger partial charge in [-0.1, -0.05) is 18.5 Å². The number of hydrogen-bond acceptors (Lipinski definition) is 5. The number of hydrazine groups is 1. The van der Waals surface area contributed by atoms with Gasteiger partial charge in [0.15, 0.2) is 0 Å². The Hall–Kier alpha value is -1.87. The molecule has 6 nitrogen and oxygen atoms in total. The minimum Gasteiger partial charge on any atom is -0.384 e. The number of pyridine rings is 1. The van der Waals surface area contributed by atoms with Crippen LogP contribution in [0, 0.1) is 11.8 Å². The normalized spacial score (nSPS) is 21.9. The fourth-order valence-corrected chi connectivity index (χ4v) is 2.45. The van der Waals surface area contributed by atoms with Crippen molar-refractivity contribution in [3.8, 4) is 0 Å². The Balaban J connectivity index is 2.21. The first-order valence-electron chi connectivity index (χ1n) is 6.54. The van der Waals surface area contributed by atoms with Crippen molar-refractivity contribution in [2.75, 3.05) is 19.1 Å². The van der Waals surface area contributed by atoms with Gasteiger partial charge in [0.05, 0.1) is 24.0 Å². The fraction of sp³-hybridized carbons (Fsp3) is 0.462. The van der Waals surface area contributed by atoms with Crippen LogP contribution in [-0.2, 0) is 20.5 Å². The van der Waals surface area contributed by atoms with Crippen LogP contribution < -0.4 is 5.43 Å². The second kappa shape index (κ2) is 6.32. The smallest absolute Gasteiger partial charge is 0.384 e. The topological polar surface area (TPSA) is 71.5 Å². The number of rotatable bonds is 4. The molecule has 2 unspecified atom stereocenters. The molecule has 23 heavy (non-hydrogen) atoms. The zero-order valence-corrected chi connectivity index (χ0v) is 12.9. The maximum absolute atomic E-state index is 12.6. The summed E-state index contributed by atoms with van der Waals surface area (Å²) in [6.45, 7) is 1.63. The van der Waals surface area contributed by atoms with Crippen LogP contribution >= 0.6 is 11.6 Å². The van der Waals surface area contributed by atoms with E-state index in [4.69, 9.17) is 16.3 Å². The summed E-state index contributed by atoms with van der Waals surface area (Å²) in [6.07, 6.45) is -4.64. The predicted molar refractivity (Wildman–Crippen MR) is 74.3 cm³/mol. The number of aromatic nitrogens is 1. The van der Waals surface area contributed by atoms with Gasteiger partial charge in [-0.15, -0.1) is 0 Å². The Morgan fingerprint density at radius 2 is 2.00 bits per heavy atom. The minimum absolute atomic E-state index is 0.0606. The summed E-state index contributed by atoms with van der Waals surface area (Å²) in [6, 6.07) is 1.71. The van der Waals surface area contributed by atoms with Crippen LogP contribution in [0.2, 0.25) is 5.15 Å². The van der Waals surface area contributed by atoms with Gasteiger partial charge in [-0.2, -0.15) is 18.2 Å². The highest BCUT2D eigenvalue weighted by Gasteiger charge is 2.45. The van der Waals surface area contributed by atoms with Crippen LogP contribution in [0.25, 0.3) is 0 Å². The molecular weight excluding hydrogens is 339 g/mol. The van der Waals surface area contributed by atoms with Gasteiger partial charge in [0, 0.05) is 7.11 Å². The second-order valence-corrected chi connectivity index (χ2v) is 5.36. The lowest BCUT2D eigenvalue weighted by Gasteiger charge is -2.17. The van der Waals surface area contributed by atoms with Crippen molar-refractivity contribution in [2.45, 2.75) is 13.1 Å². The number of nitrogens with zero attached hydrogens (tertiary/aromatic N) is 2. The summed E-state index contributed by atoms with van der Waals surface area (Å²) >= 11 is 5.50. The van der Waals surface area contributed by atoms with E-state index in [0.29, 0.717) is 0 Å².